The summed E-state index contributed by atoms with van der Waals surface area (Å²) in [5.41, 5.74) is 1.79. The van der Waals surface area contributed by atoms with E-state index in [1.165, 1.54) is 34.7 Å². The number of thioether (sulfide) groups is 1. The summed E-state index contributed by atoms with van der Waals surface area (Å²) in [5.74, 6) is -0.118. The maximum absolute atomic E-state index is 13.2. The summed E-state index contributed by atoms with van der Waals surface area (Å²) in [6, 6.07) is 15.6. The number of rotatable bonds is 5. The van der Waals surface area contributed by atoms with Crippen molar-refractivity contribution in [3.63, 3.8) is 0 Å². The first-order chi connectivity index (χ1) is 16.1. The minimum Gasteiger partial charge on any atom is -0.368 e. The van der Waals surface area contributed by atoms with E-state index in [1.807, 2.05) is 35.2 Å². The van der Waals surface area contributed by atoms with Crippen LogP contribution in [-0.2, 0) is 4.79 Å². The van der Waals surface area contributed by atoms with Crippen LogP contribution in [0.2, 0.25) is 0 Å². The minimum absolute atomic E-state index is 0.0164. The fourth-order valence-corrected chi connectivity index (χ4v) is 4.77. The number of para-hydroxylation sites is 1. The maximum atomic E-state index is 13.2. The monoisotopic (exact) mass is 464 g/mol. The van der Waals surface area contributed by atoms with E-state index in [0.29, 0.717) is 48.1 Å². The molecule has 1 fully saturated rings. The third kappa shape index (κ3) is 4.34. The number of carbonyl (C=O) groups is 1. The maximum Gasteiger partial charge on any atom is 0.269 e. The van der Waals surface area contributed by atoms with Crippen molar-refractivity contribution in [2.75, 3.05) is 36.8 Å². The van der Waals surface area contributed by atoms with Gasteiger partial charge in [-0.15, -0.1) is 0 Å². The molecule has 2 aromatic carbocycles. The van der Waals surface area contributed by atoms with Crippen molar-refractivity contribution in [1.29, 1.82) is 0 Å². The number of hydrogen-bond donors (Lipinski definition) is 1. The van der Waals surface area contributed by atoms with Crippen LogP contribution in [0.1, 0.15) is 0 Å². The van der Waals surface area contributed by atoms with Gasteiger partial charge in [-0.1, -0.05) is 30.0 Å². The number of anilines is 1. The van der Waals surface area contributed by atoms with E-state index in [2.05, 4.69) is 20.1 Å². The number of fused-ring (bicyclic) bond motifs is 1. The Morgan fingerprint density at radius 3 is 2.45 bits per heavy atom. The highest BCUT2D eigenvalue weighted by Gasteiger charge is 2.23. The first kappa shape index (κ1) is 21.2. The Hall–Kier alpha value is -3.66. The van der Waals surface area contributed by atoms with Gasteiger partial charge < -0.3 is 9.80 Å². The van der Waals surface area contributed by atoms with E-state index in [1.54, 1.807) is 12.1 Å². The van der Waals surface area contributed by atoms with E-state index < -0.39 is 0 Å². The molecule has 5 rings (SSSR count). The number of amides is 1. The average Bonchev–Trinajstić information content (AvgIpc) is 3.33. The van der Waals surface area contributed by atoms with Crippen molar-refractivity contribution >= 4 is 34.4 Å². The fraction of sp³-hybridized carbons (Fsp3) is 0.217. The van der Waals surface area contributed by atoms with E-state index in [-0.39, 0.29) is 23.0 Å². The summed E-state index contributed by atoms with van der Waals surface area (Å²) in [4.78, 5) is 34.5. The lowest BCUT2D eigenvalue weighted by Crippen LogP contribution is -2.49. The number of benzene rings is 2. The molecular formula is C23H21FN6O2S. The van der Waals surface area contributed by atoms with Crippen LogP contribution in [0.5, 0.6) is 0 Å². The minimum atomic E-state index is -0.263. The Morgan fingerprint density at radius 2 is 1.73 bits per heavy atom. The number of carbonyl (C=O) groups excluding carboxylic acids is 1. The smallest absolute Gasteiger partial charge is 0.269 e. The second-order valence-electron chi connectivity index (χ2n) is 7.64. The Labute approximate surface area is 193 Å². The largest absolute Gasteiger partial charge is 0.368 e. The van der Waals surface area contributed by atoms with Gasteiger partial charge in [0.1, 0.15) is 11.2 Å². The molecule has 8 nitrogen and oxygen atoms in total. The Balaban J connectivity index is 1.30. The SMILES string of the molecule is O=C(CSc1nc2[nH]ncc2c(=O)n1-c1ccccc1)N1CCN(c2ccc(F)cc2)CC1. The molecule has 0 radical (unpaired) electrons. The number of aromatic amines is 1. The lowest BCUT2D eigenvalue weighted by molar-refractivity contribution is -0.128. The number of aromatic nitrogens is 4. The van der Waals surface area contributed by atoms with Crippen LogP contribution >= 0.6 is 11.8 Å². The predicted molar refractivity (Wildman–Crippen MR) is 125 cm³/mol. The normalized spacial score (nSPS) is 14.1. The molecule has 2 aromatic heterocycles. The van der Waals surface area contributed by atoms with Gasteiger partial charge in [0.05, 0.1) is 17.6 Å². The predicted octanol–water partition coefficient (Wildman–Crippen LogP) is 2.69. The standard InChI is InChI=1S/C23H21FN6O2S/c24-16-6-8-17(9-7-16)28-10-12-29(13-11-28)20(31)15-33-23-26-21-19(14-25-27-21)22(32)30(23)18-4-2-1-3-5-18/h1-9,14H,10-13,15H2,(H,25,27). The molecule has 1 N–H and O–H groups in total. The van der Waals surface area contributed by atoms with Gasteiger partial charge in [0.2, 0.25) is 5.91 Å². The molecule has 0 aliphatic carbocycles. The van der Waals surface area contributed by atoms with E-state index in [0.717, 1.165) is 5.69 Å². The number of nitrogens with zero attached hydrogens (tertiary/aromatic N) is 5. The molecule has 3 heterocycles. The molecule has 0 unspecified atom stereocenters. The van der Waals surface area contributed by atoms with Gasteiger partial charge in [0.25, 0.3) is 5.56 Å². The van der Waals surface area contributed by atoms with Gasteiger partial charge in [0, 0.05) is 31.9 Å². The Kier molecular flexibility index (Phi) is 5.82. The molecular weight excluding hydrogens is 443 g/mol. The van der Waals surface area contributed by atoms with Crippen LogP contribution in [0.15, 0.2) is 70.7 Å². The van der Waals surface area contributed by atoms with Gasteiger partial charge in [-0.05, 0) is 36.4 Å². The zero-order valence-electron chi connectivity index (χ0n) is 17.6. The van der Waals surface area contributed by atoms with Crippen molar-refractivity contribution in [3.05, 3.63) is 77.0 Å². The van der Waals surface area contributed by atoms with Crippen molar-refractivity contribution < 1.29 is 9.18 Å². The topological polar surface area (TPSA) is 87.1 Å². The molecule has 1 aliphatic rings. The molecule has 0 spiro atoms. The van der Waals surface area contributed by atoms with Gasteiger partial charge in [-0.25, -0.2) is 9.37 Å². The number of nitrogens with one attached hydrogen (secondary N) is 1. The highest BCUT2D eigenvalue weighted by Crippen LogP contribution is 2.22. The molecule has 0 saturated carbocycles. The molecule has 10 heteroatoms. The van der Waals surface area contributed by atoms with Crippen LogP contribution in [0.4, 0.5) is 10.1 Å². The Bertz CT molecular complexity index is 1330. The van der Waals surface area contributed by atoms with E-state index in [4.69, 9.17) is 0 Å². The molecule has 4 aromatic rings. The highest BCUT2D eigenvalue weighted by molar-refractivity contribution is 7.99. The van der Waals surface area contributed by atoms with Crippen LogP contribution in [0.3, 0.4) is 0 Å². The lowest BCUT2D eigenvalue weighted by Gasteiger charge is -2.36. The average molecular weight is 465 g/mol. The summed E-state index contributed by atoms with van der Waals surface area (Å²) in [5, 5.41) is 7.50. The number of halogens is 1. The molecule has 1 saturated heterocycles. The summed E-state index contributed by atoms with van der Waals surface area (Å²) in [7, 11) is 0. The fourth-order valence-electron chi connectivity index (χ4n) is 3.86. The number of hydrogen-bond acceptors (Lipinski definition) is 6. The van der Waals surface area contributed by atoms with Crippen molar-refractivity contribution in [1.82, 2.24) is 24.6 Å². The summed E-state index contributed by atoms with van der Waals surface area (Å²) >= 11 is 1.23. The Morgan fingerprint density at radius 1 is 1.00 bits per heavy atom. The van der Waals surface area contributed by atoms with Crippen molar-refractivity contribution in [3.8, 4) is 5.69 Å². The number of H-pyrrole nitrogens is 1. The molecule has 168 valence electrons. The number of piperazine rings is 1. The van der Waals surface area contributed by atoms with Gasteiger partial charge >= 0.3 is 0 Å². The molecule has 33 heavy (non-hydrogen) atoms. The third-order valence-corrected chi connectivity index (χ3v) is 6.54. The first-order valence-corrected chi connectivity index (χ1v) is 11.5. The third-order valence-electron chi connectivity index (χ3n) is 5.61. The molecule has 0 atom stereocenters. The van der Waals surface area contributed by atoms with Crippen LogP contribution in [0, 0.1) is 5.82 Å². The second kappa shape index (κ2) is 9.07. The van der Waals surface area contributed by atoms with Crippen molar-refractivity contribution in [2.45, 2.75) is 5.16 Å². The summed E-state index contributed by atoms with van der Waals surface area (Å²) < 4.78 is 14.7. The van der Waals surface area contributed by atoms with Crippen molar-refractivity contribution in [2.24, 2.45) is 0 Å². The van der Waals surface area contributed by atoms with Gasteiger partial charge in [-0.2, -0.15) is 5.10 Å². The van der Waals surface area contributed by atoms with Crippen LogP contribution < -0.4 is 10.5 Å². The van der Waals surface area contributed by atoms with E-state index in [9.17, 15) is 14.0 Å². The zero-order valence-corrected chi connectivity index (χ0v) is 18.5. The molecule has 1 aliphatic heterocycles. The summed E-state index contributed by atoms with van der Waals surface area (Å²) in [6.07, 6.45) is 1.46. The molecule has 1 amide bonds. The second-order valence-corrected chi connectivity index (χ2v) is 8.58. The highest BCUT2D eigenvalue weighted by atomic mass is 32.2. The quantitative estimate of drug-likeness (QED) is 0.361. The lowest BCUT2D eigenvalue weighted by atomic mass is 10.2. The summed E-state index contributed by atoms with van der Waals surface area (Å²) in [6.45, 7) is 2.51. The zero-order chi connectivity index (χ0) is 22.8. The van der Waals surface area contributed by atoms with Crippen LogP contribution in [0.25, 0.3) is 16.7 Å². The van der Waals surface area contributed by atoms with Gasteiger partial charge in [-0.3, -0.25) is 19.3 Å². The van der Waals surface area contributed by atoms with E-state index >= 15 is 0 Å². The first-order valence-electron chi connectivity index (χ1n) is 10.5. The van der Waals surface area contributed by atoms with Crippen LogP contribution in [-0.4, -0.2) is 62.5 Å². The molecule has 0 bridgehead atoms. The van der Waals surface area contributed by atoms with Gasteiger partial charge in [0.15, 0.2) is 10.8 Å².